The fraction of sp³-hybridized carbons (Fsp3) is 0.400. The van der Waals surface area contributed by atoms with E-state index in [1.165, 1.54) is 24.2 Å². The van der Waals surface area contributed by atoms with Gasteiger partial charge in [0.05, 0.1) is 10.7 Å². The Balaban J connectivity index is 1.43. The van der Waals surface area contributed by atoms with Crippen LogP contribution in [0.5, 0.6) is 0 Å². The third kappa shape index (κ3) is 4.08. The highest BCUT2D eigenvalue weighted by Crippen LogP contribution is 2.38. The van der Waals surface area contributed by atoms with E-state index >= 15 is 0 Å². The van der Waals surface area contributed by atoms with Crippen molar-refractivity contribution in [1.29, 1.82) is 0 Å². The van der Waals surface area contributed by atoms with E-state index in [-0.39, 0.29) is 5.91 Å². The summed E-state index contributed by atoms with van der Waals surface area (Å²) in [5, 5.41) is 11.3. The van der Waals surface area contributed by atoms with Crippen molar-refractivity contribution in [3.8, 4) is 11.4 Å². The van der Waals surface area contributed by atoms with Gasteiger partial charge in [-0.15, -0.1) is 11.3 Å². The van der Waals surface area contributed by atoms with E-state index in [1.54, 1.807) is 0 Å². The summed E-state index contributed by atoms with van der Waals surface area (Å²) in [7, 11) is 0. The minimum absolute atomic E-state index is 0.102. The fourth-order valence-corrected chi connectivity index (χ4v) is 3.93. The number of H-pyrrole nitrogens is 1. The maximum Gasteiger partial charge on any atom is 0.267 e. The quantitative estimate of drug-likeness (QED) is 0.621. The summed E-state index contributed by atoms with van der Waals surface area (Å²) in [6.45, 7) is 4.05. The van der Waals surface area contributed by atoms with Crippen LogP contribution >= 0.6 is 11.3 Å². The highest BCUT2D eigenvalue weighted by Gasteiger charge is 2.27. The second-order valence-electron chi connectivity index (χ2n) is 6.98. The van der Waals surface area contributed by atoms with E-state index in [0.29, 0.717) is 16.6 Å². The number of nitrogens with zero attached hydrogens (tertiary/aromatic N) is 3. The van der Waals surface area contributed by atoms with Crippen LogP contribution in [0.25, 0.3) is 11.4 Å². The molecule has 3 aromatic rings. The number of anilines is 1. The second kappa shape index (κ2) is 7.60. The van der Waals surface area contributed by atoms with E-state index in [4.69, 9.17) is 0 Å². The largest absolute Gasteiger partial charge is 0.321 e. The molecule has 0 aliphatic heterocycles. The van der Waals surface area contributed by atoms with Gasteiger partial charge in [-0.25, -0.2) is 9.97 Å². The van der Waals surface area contributed by atoms with Gasteiger partial charge in [0.1, 0.15) is 10.7 Å². The molecular weight excluding hydrogens is 358 g/mol. The lowest BCUT2D eigenvalue weighted by Crippen LogP contribution is -2.11. The molecule has 7 heteroatoms. The molecule has 2 heterocycles. The smallest absolute Gasteiger partial charge is 0.267 e. The van der Waals surface area contributed by atoms with E-state index in [9.17, 15) is 4.79 Å². The molecule has 1 aliphatic carbocycles. The summed E-state index contributed by atoms with van der Waals surface area (Å²) in [5.74, 6) is 2.12. The van der Waals surface area contributed by atoms with Crippen molar-refractivity contribution >= 4 is 22.9 Å². The van der Waals surface area contributed by atoms with E-state index in [0.717, 1.165) is 47.0 Å². The Morgan fingerprint density at radius 1 is 1.26 bits per heavy atom. The first-order valence-corrected chi connectivity index (χ1v) is 10.3. The third-order valence-corrected chi connectivity index (χ3v) is 5.88. The fourth-order valence-electron chi connectivity index (χ4n) is 2.93. The zero-order valence-corrected chi connectivity index (χ0v) is 16.4. The number of thiazole rings is 1. The molecule has 1 aliphatic rings. The monoisotopic (exact) mass is 381 g/mol. The minimum Gasteiger partial charge on any atom is -0.321 e. The van der Waals surface area contributed by atoms with Gasteiger partial charge in [0.25, 0.3) is 5.91 Å². The number of amides is 1. The van der Waals surface area contributed by atoms with Crippen LogP contribution in [0.3, 0.4) is 0 Å². The number of carbonyl (C=O) groups is 1. The minimum atomic E-state index is -0.102. The van der Waals surface area contributed by atoms with Crippen molar-refractivity contribution < 1.29 is 4.79 Å². The van der Waals surface area contributed by atoms with Gasteiger partial charge in [0, 0.05) is 17.2 Å². The molecule has 6 nitrogen and oxygen atoms in total. The first-order valence-electron chi connectivity index (χ1n) is 9.44. The van der Waals surface area contributed by atoms with Crippen LogP contribution < -0.4 is 5.32 Å². The molecule has 2 aromatic heterocycles. The summed E-state index contributed by atoms with van der Waals surface area (Å²) in [6, 6.07) is 7.63. The number of aromatic nitrogens is 4. The van der Waals surface area contributed by atoms with Crippen LogP contribution in [-0.4, -0.2) is 26.1 Å². The summed E-state index contributed by atoms with van der Waals surface area (Å²) in [6.07, 6.45) is 5.54. The average Bonchev–Trinajstić information content (AvgIpc) is 3.28. The number of carbonyl (C=O) groups excluding carboxylic acids is 1. The molecule has 2 N–H and O–H groups in total. The van der Waals surface area contributed by atoms with Crippen LogP contribution in [0.4, 0.5) is 5.69 Å². The van der Waals surface area contributed by atoms with Gasteiger partial charge >= 0.3 is 0 Å². The van der Waals surface area contributed by atoms with Gasteiger partial charge in [-0.2, -0.15) is 5.10 Å². The van der Waals surface area contributed by atoms with Crippen molar-refractivity contribution in [2.45, 2.75) is 51.9 Å². The first kappa shape index (κ1) is 17.9. The molecule has 140 valence electrons. The van der Waals surface area contributed by atoms with Crippen LogP contribution in [-0.2, 0) is 6.42 Å². The number of hydrogen-bond acceptors (Lipinski definition) is 5. The zero-order valence-electron chi connectivity index (χ0n) is 15.6. The number of rotatable bonds is 7. The van der Waals surface area contributed by atoms with Gasteiger partial charge in [0.2, 0.25) is 0 Å². The normalized spacial score (nSPS) is 13.7. The summed E-state index contributed by atoms with van der Waals surface area (Å²) >= 11 is 1.49. The number of unbranched alkanes of at least 4 members (excludes halogenated alkanes) is 1. The number of aromatic amines is 1. The lowest BCUT2D eigenvalue weighted by atomic mass is 10.2. The molecular formula is C20H23N5OS. The highest BCUT2D eigenvalue weighted by molar-refractivity contribution is 7.13. The molecule has 1 saturated carbocycles. The Hall–Kier alpha value is -2.54. The van der Waals surface area contributed by atoms with Crippen molar-refractivity contribution in [3.05, 3.63) is 45.7 Å². The van der Waals surface area contributed by atoms with Crippen molar-refractivity contribution in [2.75, 3.05) is 5.32 Å². The summed E-state index contributed by atoms with van der Waals surface area (Å²) in [4.78, 5) is 22.4. The van der Waals surface area contributed by atoms with Crippen molar-refractivity contribution in [1.82, 2.24) is 20.2 Å². The number of hydrogen-bond donors (Lipinski definition) is 2. The molecule has 0 bridgehead atoms. The van der Waals surface area contributed by atoms with E-state index < -0.39 is 0 Å². The Morgan fingerprint density at radius 3 is 2.74 bits per heavy atom. The molecule has 27 heavy (non-hydrogen) atoms. The number of aryl methyl sites for hydroxylation is 2. The molecule has 0 saturated heterocycles. The van der Waals surface area contributed by atoms with Gasteiger partial charge in [-0.3, -0.25) is 9.89 Å². The van der Waals surface area contributed by atoms with Crippen LogP contribution in [0.1, 0.15) is 64.7 Å². The van der Waals surface area contributed by atoms with Gasteiger partial charge in [-0.1, -0.05) is 13.3 Å². The average molecular weight is 382 g/mol. The van der Waals surface area contributed by atoms with Gasteiger partial charge in [-0.05, 0) is 56.9 Å². The van der Waals surface area contributed by atoms with Crippen LogP contribution in [0.2, 0.25) is 0 Å². The topological polar surface area (TPSA) is 83.6 Å². The zero-order chi connectivity index (χ0) is 18.8. The molecule has 1 amide bonds. The standard InChI is InChI=1S/C20H23N5OS/c1-3-4-5-16-21-12(2)17(27-16)20(26)22-15-10-8-14(9-11-15)19-23-18(24-25-19)13-6-7-13/h8-11,13H,3-7H2,1-2H3,(H,22,26)(H,23,24,25). The lowest BCUT2D eigenvalue weighted by molar-refractivity contribution is 0.103. The number of benzene rings is 1. The first-order chi connectivity index (χ1) is 13.1. The summed E-state index contributed by atoms with van der Waals surface area (Å²) in [5.41, 5.74) is 2.49. The van der Waals surface area contributed by atoms with Crippen molar-refractivity contribution in [2.24, 2.45) is 0 Å². The Labute approximate surface area is 162 Å². The van der Waals surface area contributed by atoms with Crippen molar-refractivity contribution in [3.63, 3.8) is 0 Å². The Kier molecular flexibility index (Phi) is 5.03. The Bertz CT molecular complexity index is 940. The third-order valence-electron chi connectivity index (χ3n) is 4.66. The second-order valence-corrected chi connectivity index (χ2v) is 8.06. The van der Waals surface area contributed by atoms with Crippen LogP contribution in [0.15, 0.2) is 24.3 Å². The molecule has 1 fully saturated rings. The van der Waals surface area contributed by atoms with Crippen LogP contribution in [0, 0.1) is 6.92 Å². The Morgan fingerprint density at radius 2 is 2.04 bits per heavy atom. The lowest BCUT2D eigenvalue weighted by Gasteiger charge is -2.04. The maximum atomic E-state index is 12.6. The molecule has 1 aromatic carbocycles. The molecule has 0 unspecified atom stereocenters. The number of nitrogens with one attached hydrogen (secondary N) is 2. The summed E-state index contributed by atoms with van der Waals surface area (Å²) < 4.78 is 0. The predicted molar refractivity (Wildman–Crippen MR) is 107 cm³/mol. The highest BCUT2D eigenvalue weighted by atomic mass is 32.1. The molecule has 0 spiro atoms. The van der Waals surface area contributed by atoms with E-state index in [1.807, 2.05) is 31.2 Å². The van der Waals surface area contributed by atoms with Gasteiger partial charge < -0.3 is 5.32 Å². The maximum absolute atomic E-state index is 12.6. The van der Waals surface area contributed by atoms with E-state index in [2.05, 4.69) is 32.4 Å². The molecule has 0 radical (unpaired) electrons. The van der Waals surface area contributed by atoms with Gasteiger partial charge in [0.15, 0.2) is 5.82 Å². The SMILES string of the molecule is CCCCc1nc(C)c(C(=O)Nc2ccc(-c3n[nH]c(C4CC4)n3)cc2)s1. The molecule has 4 rings (SSSR count). The molecule has 0 atom stereocenters. The predicted octanol–water partition coefficient (Wildman–Crippen LogP) is 4.71.